The van der Waals surface area contributed by atoms with Crippen molar-refractivity contribution in [1.29, 1.82) is 0 Å². The molecule has 1 aromatic rings. The highest BCUT2D eigenvalue weighted by Gasteiger charge is 2.33. The van der Waals surface area contributed by atoms with E-state index >= 15 is 0 Å². The summed E-state index contributed by atoms with van der Waals surface area (Å²) in [6.07, 6.45) is -2.24. The number of amides is 2. The largest absolute Gasteiger partial charge is 0.573 e. The molecule has 1 N–H and O–H groups in total. The van der Waals surface area contributed by atoms with Gasteiger partial charge in [-0.1, -0.05) is 18.2 Å². The van der Waals surface area contributed by atoms with Crippen LogP contribution in [0.1, 0.15) is 5.56 Å². The second-order valence-corrected chi connectivity index (χ2v) is 5.03. The first-order valence-corrected chi connectivity index (χ1v) is 6.97. The molecule has 126 valence electrons. The number of alkyl halides is 3. The summed E-state index contributed by atoms with van der Waals surface area (Å²) < 4.78 is 40.5. The van der Waals surface area contributed by atoms with Gasteiger partial charge in [0.05, 0.1) is 0 Å². The van der Waals surface area contributed by atoms with Gasteiger partial charge < -0.3 is 4.74 Å². The normalized spacial score (nSPS) is 17.0. The van der Waals surface area contributed by atoms with Crippen LogP contribution in [0.5, 0.6) is 5.75 Å². The summed E-state index contributed by atoms with van der Waals surface area (Å²) >= 11 is 4.90. The van der Waals surface area contributed by atoms with Crippen LogP contribution >= 0.6 is 12.2 Å². The average Bonchev–Trinajstić information content (AvgIpc) is 2.46. The molecule has 24 heavy (non-hydrogen) atoms. The van der Waals surface area contributed by atoms with Crippen LogP contribution in [0.15, 0.2) is 42.5 Å². The maximum Gasteiger partial charge on any atom is 0.573 e. The van der Waals surface area contributed by atoms with Crippen LogP contribution in [0.25, 0.3) is 6.08 Å². The molecule has 1 heterocycles. The summed E-state index contributed by atoms with van der Waals surface area (Å²) in [4.78, 5) is 25.4. The highest BCUT2D eigenvalue weighted by Crippen LogP contribution is 2.24. The van der Waals surface area contributed by atoms with Crippen molar-refractivity contribution in [2.45, 2.75) is 6.36 Å². The second-order valence-electron chi connectivity index (χ2n) is 4.64. The van der Waals surface area contributed by atoms with Crippen LogP contribution in [0.4, 0.5) is 13.2 Å². The first-order chi connectivity index (χ1) is 11.2. The van der Waals surface area contributed by atoms with E-state index in [-0.39, 0.29) is 22.8 Å². The van der Waals surface area contributed by atoms with Crippen molar-refractivity contribution in [1.82, 2.24) is 10.2 Å². The molecule has 5 nitrogen and oxygen atoms in total. The Morgan fingerprint density at radius 3 is 2.67 bits per heavy atom. The Kier molecular flexibility index (Phi) is 5.03. The Morgan fingerprint density at radius 2 is 2.04 bits per heavy atom. The maximum absolute atomic E-state index is 12.3. The third-order valence-electron chi connectivity index (χ3n) is 2.90. The van der Waals surface area contributed by atoms with Crippen molar-refractivity contribution in [2.75, 3.05) is 6.54 Å². The molecule has 1 aromatic carbocycles. The smallest absolute Gasteiger partial charge is 0.406 e. The van der Waals surface area contributed by atoms with E-state index in [0.29, 0.717) is 0 Å². The zero-order valence-corrected chi connectivity index (χ0v) is 12.9. The summed E-state index contributed by atoms with van der Waals surface area (Å²) in [7, 11) is 0. The fourth-order valence-corrected chi connectivity index (χ4v) is 2.21. The molecular formula is C15H11F3N2O3S. The molecule has 0 saturated carbocycles. The Morgan fingerprint density at radius 1 is 1.33 bits per heavy atom. The zero-order chi connectivity index (χ0) is 17.9. The van der Waals surface area contributed by atoms with Gasteiger partial charge >= 0.3 is 6.36 Å². The fourth-order valence-electron chi connectivity index (χ4n) is 1.96. The highest BCUT2D eigenvalue weighted by atomic mass is 32.1. The number of nitrogens with one attached hydrogen (secondary N) is 1. The number of hydrogen-bond donors (Lipinski definition) is 1. The molecule has 0 bridgehead atoms. The van der Waals surface area contributed by atoms with Crippen LogP contribution in [0.2, 0.25) is 0 Å². The van der Waals surface area contributed by atoms with Gasteiger partial charge in [-0.25, -0.2) is 0 Å². The topological polar surface area (TPSA) is 58.6 Å². The van der Waals surface area contributed by atoms with Crippen molar-refractivity contribution in [3.63, 3.8) is 0 Å². The van der Waals surface area contributed by atoms with Crippen molar-refractivity contribution >= 4 is 35.2 Å². The van der Waals surface area contributed by atoms with E-state index in [1.54, 1.807) is 0 Å². The van der Waals surface area contributed by atoms with Crippen molar-refractivity contribution in [3.05, 3.63) is 48.1 Å². The summed E-state index contributed by atoms with van der Waals surface area (Å²) in [5.41, 5.74) is -0.0590. The first kappa shape index (κ1) is 17.7. The number of carbonyl (C=O) groups is 2. The fraction of sp³-hybridized carbons (Fsp3) is 0.133. The van der Waals surface area contributed by atoms with Gasteiger partial charge in [0.15, 0.2) is 5.11 Å². The van der Waals surface area contributed by atoms with E-state index in [9.17, 15) is 22.8 Å². The van der Waals surface area contributed by atoms with Gasteiger partial charge in [0.25, 0.3) is 11.8 Å². The summed E-state index contributed by atoms with van der Waals surface area (Å²) in [5, 5.41) is 2.28. The van der Waals surface area contributed by atoms with Crippen LogP contribution in [-0.2, 0) is 9.59 Å². The molecule has 0 radical (unpaired) electrons. The van der Waals surface area contributed by atoms with E-state index in [1.807, 2.05) is 0 Å². The standard InChI is InChI=1S/C15H11F3N2O3S/c1-2-6-20-13(22)11(12(21)19-14(20)24)8-9-4-3-5-10(7-9)23-15(16,17)18/h2-5,7-8H,1,6H2,(H,19,21,24)/b11-8+. The van der Waals surface area contributed by atoms with Crippen LogP contribution in [-0.4, -0.2) is 34.7 Å². The number of halogens is 3. The molecule has 0 aliphatic carbocycles. The van der Waals surface area contributed by atoms with Crippen LogP contribution in [0.3, 0.4) is 0 Å². The molecule has 0 spiro atoms. The molecule has 2 amide bonds. The zero-order valence-electron chi connectivity index (χ0n) is 12.1. The van der Waals surface area contributed by atoms with E-state index < -0.39 is 23.9 Å². The van der Waals surface area contributed by atoms with Gasteiger partial charge in [0.1, 0.15) is 11.3 Å². The number of nitrogens with zero attached hydrogens (tertiary/aromatic N) is 1. The first-order valence-electron chi connectivity index (χ1n) is 6.57. The summed E-state index contributed by atoms with van der Waals surface area (Å²) in [6, 6.07) is 4.91. The molecule has 1 aliphatic rings. The molecule has 1 aliphatic heterocycles. The molecule has 1 fully saturated rings. The van der Waals surface area contributed by atoms with Crippen molar-refractivity contribution in [3.8, 4) is 5.75 Å². The number of thiocarbonyl (C=S) groups is 1. The minimum absolute atomic E-state index is 0.0591. The monoisotopic (exact) mass is 356 g/mol. The third kappa shape index (κ3) is 4.19. The molecule has 2 rings (SSSR count). The predicted molar refractivity (Wildman–Crippen MR) is 83.8 cm³/mol. The van der Waals surface area contributed by atoms with Gasteiger partial charge in [-0.15, -0.1) is 19.8 Å². The molecule has 1 saturated heterocycles. The third-order valence-corrected chi connectivity index (χ3v) is 3.22. The van der Waals surface area contributed by atoms with Gasteiger partial charge in [-0.05, 0) is 36.0 Å². The SMILES string of the molecule is C=CCN1C(=O)/C(=C/c2cccc(OC(F)(F)F)c2)C(=O)NC1=S. The van der Waals surface area contributed by atoms with E-state index in [2.05, 4.69) is 16.6 Å². The van der Waals surface area contributed by atoms with Crippen LogP contribution < -0.4 is 10.1 Å². The number of carbonyl (C=O) groups excluding carboxylic acids is 2. The van der Waals surface area contributed by atoms with Gasteiger partial charge in [0, 0.05) is 6.54 Å². The maximum atomic E-state index is 12.3. The lowest BCUT2D eigenvalue weighted by molar-refractivity contribution is -0.274. The second kappa shape index (κ2) is 6.83. The quantitative estimate of drug-likeness (QED) is 0.390. The molecule has 0 atom stereocenters. The van der Waals surface area contributed by atoms with Crippen molar-refractivity contribution < 1.29 is 27.5 Å². The number of rotatable bonds is 4. The molecule has 9 heteroatoms. The Hall–Kier alpha value is -2.68. The predicted octanol–water partition coefficient (Wildman–Crippen LogP) is 2.40. The van der Waals surface area contributed by atoms with Crippen molar-refractivity contribution in [2.24, 2.45) is 0 Å². The number of benzene rings is 1. The number of ether oxygens (including phenoxy) is 1. The van der Waals surface area contributed by atoms with Crippen LogP contribution in [0, 0.1) is 0 Å². The average molecular weight is 356 g/mol. The van der Waals surface area contributed by atoms with Gasteiger partial charge in [0.2, 0.25) is 0 Å². The highest BCUT2D eigenvalue weighted by molar-refractivity contribution is 7.80. The lowest BCUT2D eigenvalue weighted by Crippen LogP contribution is -2.53. The minimum atomic E-state index is -4.84. The van der Waals surface area contributed by atoms with Gasteiger partial charge in [-0.2, -0.15) is 0 Å². The Labute approximate surface area is 140 Å². The molecule has 0 aromatic heterocycles. The van der Waals surface area contributed by atoms with Gasteiger partial charge in [-0.3, -0.25) is 19.8 Å². The lowest BCUT2D eigenvalue weighted by Gasteiger charge is -2.27. The molecule has 0 unspecified atom stereocenters. The summed E-state index contributed by atoms with van der Waals surface area (Å²) in [6.45, 7) is 3.58. The van der Waals surface area contributed by atoms with E-state index in [1.165, 1.54) is 24.3 Å². The minimum Gasteiger partial charge on any atom is -0.406 e. The Balaban J connectivity index is 2.33. The van der Waals surface area contributed by atoms with E-state index in [0.717, 1.165) is 17.0 Å². The summed E-state index contributed by atoms with van der Waals surface area (Å²) in [5.74, 6) is -1.85. The Bertz CT molecular complexity index is 744. The number of hydrogen-bond acceptors (Lipinski definition) is 4. The van der Waals surface area contributed by atoms with E-state index in [4.69, 9.17) is 12.2 Å². The molecular weight excluding hydrogens is 345 g/mol. The lowest BCUT2D eigenvalue weighted by atomic mass is 10.1.